The number of amides is 1. The third-order valence-corrected chi connectivity index (χ3v) is 6.07. The fourth-order valence-electron chi connectivity index (χ4n) is 2.53. The summed E-state index contributed by atoms with van der Waals surface area (Å²) < 4.78 is 1.13. The summed E-state index contributed by atoms with van der Waals surface area (Å²) in [5.74, 6) is 1.92. The standard InChI is InChI=1S/C19H20N2OS2/c1-21(13-15-7-3-2-4-8-15)18(22)17-10-6-5-9-16(17)14-24-19-20-11-12-23-19/h2-10H,11-14H2,1H3. The summed E-state index contributed by atoms with van der Waals surface area (Å²) in [6.45, 7) is 1.52. The Hall–Kier alpha value is -1.72. The van der Waals surface area contributed by atoms with E-state index in [0.29, 0.717) is 6.54 Å². The van der Waals surface area contributed by atoms with Gasteiger partial charge >= 0.3 is 0 Å². The van der Waals surface area contributed by atoms with Crippen molar-refractivity contribution >= 4 is 33.8 Å². The Morgan fingerprint density at radius 3 is 2.67 bits per heavy atom. The second-order valence-electron chi connectivity index (χ2n) is 5.59. The Morgan fingerprint density at radius 2 is 1.92 bits per heavy atom. The maximum absolute atomic E-state index is 12.8. The SMILES string of the molecule is CN(Cc1ccccc1)C(=O)c1ccccc1CSC1=NCCS1. The smallest absolute Gasteiger partial charge is 0.254 e. The average Bonchev–Trinajstić information content (AvgIpc) is 3.14. The Labute approximate surface area is 151 Å². The van der Waals surface area contributed by atoms with Crippen LogP contribution in [-0.2, 0) is 12.3 Å². The van der Waals surface area contributed by atoms with E-state index in [4.69, 9.17) is 0 Å². The number of hydrogen-bond donors (Lipinski definition) is 0. The lowest BCUT2D eigenvalue weighted by Gasteiger charge is -2.19. The third kappa shape index (κ3) is 4.42. The lowest BCUT2D eigenvalue weighted by molar-refractivity contribution is 0.0784. The van der Waals surface area contributed by atoms with E-state index in [9.17, 15) is 4.79 Å². The van der Waals surface area contributed by atoms with Gasteiger partial charge in [-0.15, -0.1) is 0 Å². The van der Waals surface area contributed by atoms with Gasteiger partial charge in [-0.25, -0.2) is 0 Å². The molecule has 3 rings (SSSR count). The number of thioether (sulfide) groups is 2. The fraction of sp³-hybridized carbons (Fsp3) is 0.263. The molecule has 0 atom stereocenters. The molecule has 0 saturated heterocycles. The first-order valence-corrected chi connectivity index (χ1v) is 9.88. The Morgan fingerprint density at radius 1 is 1.17 bits per heavy atom. The van der Waals surface area contributed by atoms with Crippen LogP contribution in [0.1, 0.15) is 21.5 Å². The number of aliphatic imine (C=N–C) groups is 1. The van der Waals surface area contributed by atoms with Crippen molar-refractivity contribution in [2.45, 2.75) is 12.3 Å². The van der Waals surface area contributed by atoms with Crippen molar-refractivity contribution in [3.63, 3.8) is 0 Å². The van der Waals surface area contributed by atoms with Gasteiger partial charge in [0.1, 0.15) is 4.38 Å². The van der Waals surface area contributed by atoms with E-state index in [1.165, 1.54) is 0 Å². The fourth-order valence-corrected chi connectivity index (χ4v) is 4.55. The van der Waals surface area contributed by atoms with Gasteiger partial charge in [0, 0.05) is 30.7 Å². The van der Waals surface area contributed by atoms with Crippen LogP contribution in [-0.4, -0.2) is 34.5 Å². The molecule has 3 nitrogen and oxygen atoms in total. The molecule has 0 N–H and O–H groups in total. The Balaban J connectivity index is 1.69. The predicted octanol–water partition coefficient (Wildman–Crippen LogP) is 4.29. The lowest BCUT2D eigenvalue weighted by Crippen LogP contribution is -2.27. The van der Waals surface area contributed by atoms with E-state index in [1.54, 1.807) is 28.4 Å². The van der Waals surface area contributed by atoms with Gasteiger partial charge in [-0.3, -0.25) is 9.79 Å². The number of rotatable bonds is 5. The van der Waals surface area contributed by atoms with Crippen LogP contribution in [0.4, 0.5) is 0 Å². The topological polar surface area (TPSA) is 32.7 Å². The summed E-state index contributed by atoms with van der Waals surface area (Å²) in [5.41, 5.74) is 2.99. The highest BCUT2D eigenvalue weighted by atomic mass is 32.2. The number of nitrogens with zero attached hydrogens (tertiary/aromatic N) is 2. The first-order chi connectivity index (χ1) is 11.7. The van der Waals surface area contributed by atoms with Gasteiger partial charge in [-0.1, -0.05) is 72.1 Å². The van der Waals surface area contributed by atoms with Gasteiger partial charge in [0.05, 0.1) is 6.54 Å². The number of carbonyl (C=O) groups is 1. The van der Waals surface area contributed by atoms with Crippen LogP contribution in [0.5, 0.6) is 0 Å². The van der Waals surface area contributed by atoms with Crippen molar-refractivity contribution in [2.24, 2.45) is 4.99 Å². The molecule has 0 unspecified atom stereocenters. The number of carbonyl (C=O) groups excluding carboxylic acids is 1. The summed E-state index contributed by atoms with van der Waals surface area (Å²) >= 11 is 3.53. The highest BCUT2D eigenvalue weighted by Crippen LogP contribution is 2.27. The molecule has 2 aromatic carbocycles. The summed E-state index contributed by atoms with van der Waals surface area (Å²) in [6, 6.07) is 18.0. The second-order valence-corrected chi connectivity index (χ2v) is 7.89. The molecule has 1 aliphatic heterocycles. The first-order valence-electron chi connectivity index (χ1n) is 7.91. The molecule has 24 heavy (non-hydrogen) atoms. The van der Waals surface area contributed by atoms with Gasteiger partial charge in [0.25, 0.3) is 5.91 Å². The molecule has 1 amide bonds. The van der Waals surface area contributed by atoms with E-state index in [1.807, 2.05) is 61.6 Å². The minimum Gasteiger partial charge on any atom is -0.337 e. The third-order valence-electron chi connectivity index (χ3n) is 3.77. The van der Waals surface area contributed by atoms with Gasteiger partial charge in [0.15, 0.2) is 0 Å². The maximum atomic E-state index is 12.8. The van der Waals surface area contributed by atoms with Crippen molar-refractivity contribution in [3.8, 4) is 0 Å². The first kappa shape index (κ1) is 17.1. The molecule has 0 spiro atoms. The zero-order valence-electron chi connectivity index (χ0n) is 13.6. The summed E-state index contributed by atoms with van der Waals surface area (Å²) in [5, 5.41) is 0. The zero-order chi connectivity index (χ0) is 16.8. The van der Waals surface area contributed by atoms with E-state index >= 15 is 0 Å². The minimum absolute atomic E-state index is 0.0658. The van der Waals surface area contributed by atoms with Crippen molar-refractivity contribution in [1.82, 2.24) is 4.90 Å². The van der Waals surface area contributed by atoms with E-state index in [2.05, 4.69) is 4.99 Å². The average molecular weight is 357 g/mol. The highest BCUT2D eigenvalue weighted by Gasteiger charge is 2.17. The summed E-state index contributed by atoms with van der Waals surface area (Å²) in [7, 11) is 1.86. The molecular weight excluding hydrogens is 336 g/mol. The Bertz CT molecular complexity index is 731. The molecule has 124 valence electrons. The van der Waals surface area contributed by atoms with E-state index < -0.39 is 0 Å². The maximum Gasteiger partial charge on any atom is 0.254 e. The second kappa shape index (κ2) is 8.40. The molecule has 0 radical (unpaired) electrons. The van der Waals surface area contributed by atoms with Gasteiger partial charge in [-0.05, 0) is 17.2 Å². The van der Waals surface area contributed by atoms with Crippen molar-refractivity contribution < 1.29 is 4.79 Å². The van der Waals surface area contributed by atoms with Crippen LogP contribution < -0.4 is 0 Å². The molecule has 1 aliphatic rings. The lowest BCUT2D eigenvalue weighted by atomic mass is 10.1. The molecule has 0 aliphatic carbocycles. The Kier molecular flexibility index (Phi) is 5.99. The van der Waals surface area contributed by atoms with Crippen LogP contribution in [0.25, 0.3) is 0 Å². The van der Waals surface area contributed by atoms with E-state index in [-0.39, 0.29) is 5.91 Å². The van der Waals surface area contributed by atoms with Crippen LogP contribution in [0, 0.1) is 0 Å². The normalized spacial score (nSPS) is 13.6. The molecule has 0 bridgehead atoms. The molecule has 0 aromatic heterocycles. The molecule has 5 heteroatoms. The largest absolute Gasteiger partial charge is 0.337 e. The van der Waals surface area contributed by atoms with E-state index in [0.717, 1.165) is 39.1 Å². The van der Waals surface area contributed by atoms with Gasteiger partial charge < -0.3 is 4.90 Å². The van der Waals surface area contributed by atoms with Gasteiger partial charge in [-0.2, -0.15) is 0 Å². The monoisotopic (exact) mass is 356 g/mol. The molecule has 0 saturated carbocycles. The molecule has 0 fully saturated rings. The zero-order valence-corrected chi connectivity index (χ0v) is 15.3. The van der Waals surface area contributed by atoms with Crippen LogP contribution in [0.2, 0.25) is 0 Å². The van der Waals surface area contributed by atoms with Crippen molar-refractivity contribution in [1.29, 1.82) is 0 Å². The number of hydrogen-bond acceptors (Lipinski definition) is 4. The number of benzene rings is 2. The van der Waals surface area contributed by atoms with Crippen LogP contribution >= 0.6 is 23.5 Å². The van der Waals surface area contributed by atoms with Crippen LogP contribution in [0.15, 0.2) is 59.6 Å². The minimum atomic E-state index is 0.0658. The van der Waals surface area contributed by atoms with Crippen LogP contribution in [0.3, 0.4) is 0 Å². The van der Waals surface area contributed by atoms with Crippen molar-refractivity contribution in [2.75, 3.05) is 19.3 Å². The summed E-state index contributed by atoms with van der Waals surface area (Å²) in [4.78, 5) is 19.1. The van der Waals surface area contributed by atoms with Gasteiger partial charge in [0.2, 0.25) is 0 Å². The van der Waals surface area contributed by atoms with Crippen molar-refractivity contribution in [3.05, 3.63) is 71.3 Å². The predicted molar refractivity (Wildman–Crippen MR) is 105 cm³/mol. The molecule has 2 aromatic rings. The molecular formula is C19H20N2OS2. The molecule has 1 heterocycles. The highest BCUT2D eigenvalue weighted by molar-refractivity contribution is 8.38. The summed E-state index contributed by atoms with van der Waals surface area (Å²) in [6.07, 6.45) is 0. The quantitative estimate of drug-likeness (QED) is 0.801.